The van der Waals surface area contributed by atoms with Crippen LogP contribution < -0.4 is 10.1 Å². The van der Waals surface area contributed by atoms with E-state index in [0.717, 1.165) is 32.7 Å². The van der Waals surface area contributed by atoms with Gasteiger partial charge in [-0.1, -0.05) is 72.8 Å². The van der Waals surface area contributed by atoms with Crippen molar-refractivity contribution in [1.29, 1.82) is 0 Å². The number of fused-ring (bicyclic) bond motifs is 10. The Hall–Kier alpha value is -4.18. The lowest BCUT2D eigenvalue weighted by Crippen LogP contribution is -2.39. The third kappa shape index (κ3) is 2.02. The molecule has 2 aliphatic heterocycles. The molecule has 0 saturated carbocycles. The maximum atomic E-state index is 14.5. The molecule has 1 N–H and O–H groups in total. The summed E-state index contributed by atoms with van der Waals surface area (Å²) in [5.41, 5.74) is 1.48. The number of amides is 1. The third-order valence-electron chi connectivity index (χ3n) is 6.75. The Labute approximate surface area is 183 Å². The van der Waals surface area contributed by atoms with Crippen molar-refractivity contribution >= 4 is 33.1 Å². The summed E-state index contributed by atoms with van der Waals surface area (Å²) in [6.07, 6.45) is 0. The fourth-order valence-corrected chi connectivity index (χ4v) is 5.35. The van der Waals surface area contributed by atoms with Crippen LogP contribution in [0.25, 0.3) is 21.5 Å². The summed E-state index contributed by atoms with van der Waals surface area (Å²) < 4.78 is 21.1. The molecule has 32 heavy (non-hydrogen) atoms. The second-order valence-electron chi connectivity index (χ2n) is 8.32. The van der Waals surface area contributed by atoms with Crippen LogP contribution in [0.5, 0.6) is 11.5 Å². The summed E-state index contributed by atoms with van der Waals surface area (Å²) in [5.74, 6) is 0.698. The molecule has 4 heteroatoms. The van der Waals surface area contributed by atoms with E-state index < -0.39 is 5.41 Å². The summed E-state index contributed by atoms with van der Waals surface area (Å²) in [6, 6.07) is 28.3. The molecule has 2 aliphatic rings. The van der Waals surface area contributed by atoms with Crippen LogP contribution >= 0.6 is 0 Å². The van der Waals surface area contributed by atoms with Crippen molar-refractivity contribution in [2.24, 2.45) is 0 Å². The predicted molar refractivity (Wildman–Crippen MR) is 123 cm³/mol. The van der Waals surface area contributed by atoms with Gasteiger partial charge in [0.2, 0.25) is 5.91 Å². The van der Waals surface area contributed by atoms with E-state index >= 15 is 0 Å². The van der Waals surface area contributed by atoms with Crippen molar-refractivity contribution in [3.63, 3.8) is 0 Å². The predicted octanol–water partition coefficient (Wildman–Crippen LogP) is 6.52. The van der Waals surface area contributed by atoms with E-state index in [2.05, 4.69) is 5.32 Å². The number of hydrogen-bond donors (Lipinski definition) is 1. The minimum Gasteiger partial charge on any atom is -0.455 e. The summed E-state index contributed by atoms with van der Waals surface area (Å²) in [5, 5.41) is 6.87. The Morgan fingerprint density at radius 2 is 1.28 bits per heavy atom. The summed E-state index contributed by atoms with van der Waals surface area (Å²) in [6.45, 7) is 0. The van der Waals surface area contributed by atoms with Gasteiger partial charge in [0.25, 0.3) is 0 Å². The number of benzene rings is 5. The van der Waals surface area contributed by atoms with Gasteiger partial charge in [0.15, 0.2) is 0 Å². The molecule has 152 valence electrons. The summed E-state index contributed by atoms with van der Waals surface area (Å²) >= 11 is 0. The lowest BCUT2D eigenvalue weighted by molar-refractivity contribution is -0.118. The van der Waals surface area contributed by atoms with Gasteiger partial charge in [-0.05, 0) is 29.0 Å². The van der Waals surface area contributed by atoms with Gasteiger partial charge in [-0.15, -0.1) is 0 Å². The second kappa shape index (κ2) is 5.95. The van der Waals surface area contributed by atoms with Crippen molar-refractivity contribution in [3.8, 4) is 11.5 Å². The normalized spacial score (nSPS) is 15.2. The van der Waals surface area contributed by atoms with Crippen LogP contribution in [-0.4, -0.2) is 5.91 Å². The molecule has 1 amide bonds. The van der Waals surface area contributed by atoms with Crippen molar-refractivity contribution in [2.45, 2.75) is 5.41 Å². The highest BCUT2D eigenvalue weighted by Gasteiger charge is 2.55. The first kappa shape index (κ1) is 17.5. The third-order valence-corrected chi connectivity index (χ3v) is 6.75. The number of halogens is 1. The van der Waals surface area contributed by atoms with Gasteiger partial charge in [-0.3, -0.25) is 4.79 Å². The molecule has 0 fully saturated rings. The van der Waals surface area contributed by atoms with Crippen LogP contribution in [0.1, 0.15) is 16.7 Å². The molecule has 0 unspecified atom stereocenters. The zero-order valence-corrected chi connectivity index (χ0v) is 16.9. The first-order valence-electron chi connectivity index (χ1n) is 10.5. The minimum atomic E-state index is -1.20. The first-order valence-corrected chi connectivity index (χ1v) is 10.5. The molecule has 0 aliphatic carbocycles. The van der Waals surface area contributed by atoms with Gasteiger partial charge in [0.05, 0.1) is 0 Å². The van der Waals surface area contributed by atoms with Gasteiger partial charge < -0.3 is 10.1 Å². The van der Waals surface area contributed by atoms with Gasteiger partial charge in [-0.2, -0.15) is 0 Å². The van der Waals surface area contributed by atoms with E-state index in [4.69, 9.17) is 4.74 Å². The number of anilines is 1. The van der Waals surface area contributed by atoms with Crippen LogP contribution in [0.3, 0.4) is 0 Å². The number of rotatable bonds is 0. The SMILES string of the molecule is O=C1Nc2ccc(F)cc2C12c1ccc3ccccc3c1Oc1c2ccc2ccccc12. The maximum absolute atomic E-state index is 14.5. The van der Waals surface area contributed by atoms with E-state index in [1.807, 2.05) is 72.8 Å². The maximum Gasteiger partial charge on any atom is 0.244 e. The average molecular weight is 417 g/mol. The number of carbonyl (C=O) groups is 1. The fraction of sp³-hybridized carbons (Fsp3) is 0.0357. The zero-order chi connectivity index (χ0) is 21.4. The molecule has 0 radical (unpaired) electrons. The summed E-state index contributed by atoms with van der Waals surface area (Å²) in [7, 11) is 0. The molecule has 1 spiro atoms. The summed E-state index contributed by atoms with van der Waals surface area (Å²) in [4.78, 5) is 13.8. The molecule has 0 bridgehead atoms. The van der Waals surface area contributed by atoms with Crippen LogP contribution in [0.2, 0.25) is 0 Å². The molecule has 5 aromatic carbocycles. The molecule has 2 heterocycles. The second-order valence-corrected chi connectivity index (χ2v) is 8.32. The van der Waals surface area contributed by atoms with E-state index in [1.165, 1.54) is 12.1 Å². The monoisotopic (exact) mass is 417 g/mol. The minimum absolute atomic E-state index is 0.200. The molecule has 0 atom stereocenters. The molecule has 3 nitrogen and oxygen atoms in total. The Morgan fingerprint density at radius 1 is 0.688 bits per heavy atom. The van der Waals surface area contributed by atoms with E-state index in [-0.39, 0.29) is 11.7 Å². The average Bonchev–Trinajstić information content (AvgIpc) is 3.11. The van der Waals surface area contributed by atoms with Gasteiger partial charge >= 0.3 is 0 Å². The molecule has 0 saturated heterocycles. The topological polar surface area (TPSA) is 38.3 Å². The van der Waals surface area contributed by atoms with Crippen LogP contribution in [-0.2, 0) is 10.2 Å². The van der Waals surface area contributed by atoms with Crippen LogP contribution in [0.4, 0.5) is 10.1 Å². The lowest BCUT2D eigenvalue weighted by atomic mass is 9.67. The first-order chi connectivity index (χ1) is 15.7. The van der Waals surface area contributed by atoms with E-state index in [9.17, 15) is 9.18 Å². The Bertz CT molecular complexity index is 1540. The molecule has 7 rings (SSSR count). The van der Waals surface area contributed by atoms with Crippen molar-refractivity contribution in [1.82, 2.24) is 0 Å². The quantitative estimate of drug-likeness (QED) is 0.311. The van der Waals surface area contributed by atoms with Gasteiger partial charge in [0.1, 0.15) is 22.7 Å². The number of carbonyl (C=O) groups excluding carboxylic acids is 1. The number of hydrogen-bond acceptors (Lipinski definition) is 2. The van der Waals surface area contributed by atoms with Gasteiger partial charge in [-0.25, -0.2) is 4.39 Å². The Balaban J connectivity index is 1.70. The van der Waals surface area contributed by atoms with Crippen molar-refractivity contribution in [2.75, 3.05) is 5.32 Å². The molecule has 0 aromatic heterocycles. The highest BCUT2D eigenvalue weighted by Crippen LogP contribution is 2.59. The van der Waals surface area contributed by atoms with Crippen LogP contribution in [0.15, 0.2) is 91.0 Å². The largest absolute Gasteiger partial charge is 0.455 e. The standard InChI is InChI=1S/C28H16FNO2/c29-18-11-14-24-23(15-18)28(27(31)30-24)21-12-9-16-5-1-3-7-19(16)25(21)32-26-20-8-4-2-6-17(20)10-13-22(26)28/h1-15H,(H,30,31). The van der Waals surface area contributed by atoms with Gasteiger partial charge in [0, 0.05) is 33.2 Å². The van der Waals surface area contributed by atoms with E-state index in [0.29, 0.717) is 22.7 Å². The van der Waals surface area contributed by atoms with Crippen molar-refractivity contribution in [3.05, 3.63) is 114 Å². The Morgan fingerprint density at radius 3 is 1.91 bits per heavy atom. The van der Waals surface area contributed by atoms with E-state index in [1.54, 1.807) is 6.07 Å². The zero-order valence-electron chi connectivity index (χ0n) is 16.9. The lowest BCUT2D eigenvalue weighted by Gasteiger charge is -2.37. The highest BCUT2D eigenvalue weighted by atomic mass is 19.1. The van der Waals surface area contributed by atoms with Crippen molar-refractivity contribution < 1.29 is 13.9 Å². The molecule has 5 aromatic rings. The fourth-order valence-electron chi connectivity index (χ4n) is 5.35. The smallest absolute Gasteiger partial charge is 0.244 e. The number of nitrogens with one attached hydrogen (secondary N) is 1. The Kier molecular flexibility index (Phi) is 3.25. The highest BCUT2D eigenvalue weighted by molar-refractivity contribution is 6.14. The molecular weight excluding hydrogens is 401 g/mol. The van der Waals surface area contributed by atoms with Crippen LogP contribution in [0, 0.1) is 5.82 Å². The number of ether oxygens (including phenoxy) is 1. The molecular formula is C28H16FNO2.